The summed E-state index contributed by atoms with van der Waals surface area (Å²) in [6.45, 7) is 1.74. The number of allylic oxidation sites excluding steroid dienone is 7. The van der Waals surface area contributed by atoms with Gasteiger partial charge in [0.15, 0.2) is 18.9 Å². The molecule has 556 valence electrons. The van der Waals surface area contributed by atoms with Crippen LogP contribution in [0.15, 0.2) is 48.6 Å². The first-order valence-electron chi connectivity index (χ1n) is 38.4. The van der Waals surface area contributed by atoms with E-state index < -0.39 is 124 Å². The number of amides is 1. The van der Waals surface area contributed by atoms with Gasteiger partial charge in [0.25, 0.3) is 0 Å². The first-order chi connectivity index (χ1) is 46.3. The van der Waals surface area contributed by atoms with E-state index in [4.69, 9.17) is 28.4 Å². The Morgan fingerprint density at radius 1 is 0.368 bits per heavy atom. The van der Waals surface area contributed by atoms with E-state index >= 15 is 0 Å². The van der Waals surface area contributed by atoms with E-state index in [-0.39, 0.29) is 18.9 Å². The summed E-state index contributed by atoms with van der Waals surface area (Å²) in [6.07, 6.45) is 43.8. The Kier molecular flexibility index (Phi) is 52.5. The maximum absolute atomic E-state index is 13.4. The molecule has 3 fully saturated rings. The molecule has 0 bridgehead atoms. The number of hydrogen-bond donors (Lipinski definition) is 12. The maximum atomic E-state index is 13.4. The van der Waals surface area contributed by atoms with Crippen molar-refractivity contribution < 1.29 is 89.4 Å². The molecule has 12 N–H and O–H groups in total. The van der Waals surface area contributed by atoms with Gasteiger partial charge in [-0.1, -0.05) is 268 Å². The van der Waals surface area contributed by atoms with E-state index in [1.165, 1.54) is 218 Å². The molecule has 3 aliphatic rings. The molecular formula is C76H139NO18. The average molecular weight is 1350 g/mol. The SMILES string of the molecule is CCCCCCCCCC/C=C\CCCCCCCCCCCCCCCCCCCC(=O)NC(COC1OC(CO)C(OC2OC(CO)C(OC3OC(CO)C(O)C(O)C3O)C(O)C2O)C(O)C1O)C(O)/C=C/CC/C=C/CC/C=C/CCCCCCCCCCCCC. The molecule has 17 unspecified atom stereocenters. The van der Waals surface area contributed by atoms with Gasteiger partial charge in [-0.25, -0.2) is 0 Å². The molecule has 17 atom stereocenters. The lowest BCUT2D eigenvalue weighted by Gasteiger charge is -2.48. The monoisotopic (exact) mass is 1350 g/mol. The van der Waals surface area contributed by atoms with Crippen LogP contribution >= 0.6 is 0 Å². The van der Waals surface area contributed by atoms with Gasteiger partial charge >= 0.3 is 0 Å². The topological polar surface area (TPSA) is 307 Å². The van der Waals surface area contributed by atoms with Gasteiger partial charge in [0, 0.05) is 6.42 Å². The predicted molar refractivity (Wildman–Crippen MR) is 374 cm³/mol. The van der Waals surface area contributed by atoms with E-state index in [1.54, 1.807) is 6.08 Å². The molecule has 0 aromatic heterocycles. The highest BCUT2D eigenvalue weighted by Gasteiger charge is 2.53. The van der Waals surface area contributed by atoms with Crippen molar-refractivity contribution >= 4 is 5.91 Å². The van der Waals surface area contributed by atoms with Gasteiger partial charge in [0.05, 0.1) is 38.6 Å². The molecule has 0 aromatic carbocycles. The smallest absolute Gasteiger partial charge is 0.220 e. The molecule has 0 radical (unpaired) electrons. The van der Waals surface area contributed by atoms with Crippen LogP contribution in [0.3, 0.4) is 0 Å². The van der Waals surface area contributed by atoms with Crippen molar-refractivity contribution in [2.45, 2.75) is 401 Å². The van der Waals surface area contributed by atoms with Crippen molar-refractivity contribution in [3.05, 3.63) is 48.6 Å². The number of carbonyl (C=O) groups excluding carboxylic acids is 1. The fourth-order valence-corrected chi connectivity index (χ4v) is 12.9. The van der Waals surface area contributed by atoms with Gasteiger partial charge < -0.3 is 89.9 Å². The molecule has 19 heteroatoms. The zero-order valence-electron chi connectivity index (χ0n) is 59.2. The Labute approximate surface area is 573 Å². The van der Waals surface area contributed by atoms with Crippen LogP contribution in [-0.4, -0.2) is 193 Å². The van der Waals surface area contributed by atoms with Gasteiger partial charge in [-0.3, -0.25) is 4.79 Å². The number of ether oxygens (including phenoxy) is 6. The van der Waals surface area contributed by atoms with Gasteiger partial charge in [-0.15, -0.1) is 0 Å². The highest BCUT2D eigenvalue weighted by molar-refractivity contribution is 5.76. The number of hydrogen-bond acceptors (Lipinski definition) is 18. The molecule has 3 heterocycles. The summed E-state index contributed by atoms with van der Waals surface area (Å²) in [6, 6.07) is -0.997. The largest absolute Gasteiger partial charge is 0.394 e. The van der Waals surface area contributed by atoms with Crippen LogP contribution in [0.2, 0.25) is 0 Å². The Hall–Kier alpha value is -2.25. The van der Waals surface area contributed by atoms with Crippen LogP contribution < -0.4 is 5.32 Å². The lowest BCUT2D eigenvalue weighted by atomic mass is 9.96. The average Bonchev–Trinajstić information content (AvgIpc) is 0.786. The number of aliphatic hydroxyl groups excluding tert-OH is 11. The highest BCUT2D eigenvalue weighted by Crippen LogP contribution is 2.33. The van der Waals surface area contributed by atoms with Crippen molar-refractivity contribution in [3.63, 3.8) is 0 Å². The molecule has 0 aliphatic carbocycles. The second-order valence-electron chi connectivity index (χ2n) is 27.4. The van der Waals surface area contributed by atoms with Gasteiger partial charge in [0.2, 0.25) is 5.91 Å². The number of aliphatic hydroxyl groups is 11. The van der Waals surface area contributed by atoms with E-state index in [2.05, 4.69) is 55.6 Å². The van der Waals surface area contributed by atoms with Crippen LogP contribution in [0.1, 0.15) is 296 Å². The normalized spacial score (nSPS) is 27.4. The van der Waals surface area contributed by atoms with Crippen LogP contribution in [-0.2, 0) is 33.2 Å². The fraction of sp³-hybridized carbons (Fsp3) is 0.882. The zero-order chi connectivity index (χ0) is 68.9. The maximum Gasteiger partial charge on any atom is 0.220 e. The first kappa shape index (κ1) is 87.0. The quantitative estimate of drug-likeness (QED) is 0.0199. The summed E-state index contributed by atoms with van der Waals surface area (Å²) in [5.41, 5.74) is 0. The Morgan fingerprint density at radius 2 is 0.674 bits per heavy atom. The summed E-state index contributed by atoms with van der Waals surface area (Å²) in [5.74, 6) is -0.286. The van der Waals surface area contributed by atoms with Crippen molar-refractivity contribution in [2.24, 2.45) is 0 Å². The fourth-order valence-electron chi connectivity index (χ4n) is 12.9. The zero-order valence-corrected chi connectivity index (χ0v) is 59.2. The molecule has 3 aliphatic heterocycles. The van der Waals surface area contributed by atoms with Crippen LogP contribution in [0.4, 0.5) is 0 Å². The van der Waals surface area contributed by atoms with E-state index in [0.29, 0.717) is 12.8 Å². The minimum Gasteiger partial charge on any atom is -0.394 e. The highest BCUT2D eigenvalue weighted by atomic mass is 16.8. The third-order valence-corrected chi connectivity index (χ3v) is 19.1. The van der Waals surface area contributed by atoms with Crippen molar-refractivity contribution in [3.8, 4) is 0 Å². The molecule has 0 saturated carbocycles. The number of nitrogens with one attached hydrogen (secondary N) is 1. The predicted octanol–water partition coefficient (Wildman–Crippen LogP) is 11.7. The molecule has 19 nitrogen and oxygen atoms in total. The first-order valence-corrected chi connectivity index (χ1v) is 38.4. The lowest BCUT2D eigenvalue weighted by Crippen LogP contribution is -2.66. The van der Waals surface area contributed by atoms with E-state index in [9.17, 15) is 61.0 Å². The van der Waals surface area contributed by atoms with Crippen molar-refractivity contribution in [2.75, 3.05) is 26.4 Å². The standard InChI is InChI=1S/C76H139NO18/c1-3-5-7-9-11-13-15-17-19-21-23-25-26-27-28-29-30-31-32-34-36-38-40-42-44-46-48-50-52-54-64(82)77-59(60(81)53-51-49-47-45-43-41-39-37-35-33-24-22-20-18-16-14-12-10-8-6-4-2)58-90-74-70(88)67(85)72(62(56-79)92-74)95-76-71(89)68(86)73(63(57-80)93-76)94-75-69(87)66(84)65(83)61(55-78)91-75/h21,23,35,37,43,45,51,53,59-63,65-76,78-81,83-89H,3-20,22,24-34,36,38-42,44,46-50,52,54-58H2,1-2H3,(H,77,82)/b23-21-,37-35+,45-43+,53-51+. The second kappa shape index (κ2) is 57.4. The minimum absolute atomic E-state index is 0.234. The van der Waals surface area contributed by atoms with Crippen molar-refractivity contribution in [1.82, 2.24) is 5.32 Å². The Bertz CT molecular complexity index is 1910. The molecule has 0 aromatic rings. The molecule has 3 saturated heterocycles. The number of carbonyl (C=O) groups is 1. The summed E-state index contributed by atoms with van der Waals surface area (Å²) >= 11 is 0. The molecule has 3 rings (SSSR count). The van der Waals surface area contributed by atoms with Crippen LogP contribution in [0, 0.1) is 0 Å². The van der Waals surface area contributed by atoms with Crippen LogP contribution in [0.25, 0.3) is 0 Å². The Morgan fingerprint density at radius 3 is 1.05 bits per heavy atom. The Balaban J connectivity index is 1.40. The van der Waals surface area contributed by atoms with Crippen molar-refractivity contribution in [1.29, 1.82) is 0 Å². The summed E-state index contributed by atoms with van der Waals surface area (Å²) < 4.78 is 34.4. The molecule has 0 spiro atoms. The van der Waals surface area contributed by atoms with Gasteiger partial charge in [0.1, 0.15) is 73.2 Å². The second-order valence-corrected chi connectivity index (χ2v) is 27.4. The molecule has 95 heavy (non-hydrogen) atoms. The van der Waals surface area contributed by atoms with E-state index in [0.717, 1.165) is 44.9 Å². The van der Waals surface area contributed by atoms with Crippen LogP contribution in [0.5, 0.6) is 0 Å². The number of rotatable bonds is 60. The summed E-state index contributed by atoms with van der Waals surface area (Å²) in [5, 5.41) is 121. The van der Waals surface area contributed by atoms with Gasteiger partial charge in [-0.2, -0.15) is 0 Å². The third kappa shape index (κ3) is 38.4. The summed E-state index contributed by atoms with van der Waals surface area (Å²) in [4.78, 5) is 13.4. The summed E-state index contributed by atoms with van der Waals surface area (Å²) in [7, 11) is 0. The molecule has 1 amide bonds. The van der Waals surface area contributed by atoms with E-state index in [1.807, 2.05) is 6.08 Å². The van der Waals surface area contributed by atoms with Gasteiger partial charge in [-0.05, 0) is 70.6 Å². The molecular weight excluding hydrogens is 1210 g/mol. The third-order valence-electron chi connectivity index (χ3n) is 19.1. The number of unbranched alkanes of at least 4 members (excludes halogenated alkanes) is 38. The minimum atomic E-state index is -1.98. The lowest BCUT2D eigenvalue weighted by molar-refractivity contribution is -0.379.